The summed E-state index contributed by atoms with van der Waals surface area (Å²) in [6.07, 6.45) is 5.53. The van der Waals surface area contributed by atoms with E-state index in [1.54, 1.807) is 0 Å². The Morgan fingerprint density at radius 3 is 2.97 bits per heavy atom. The summed E-state index contributed by atoms with van der Waals surface area (Å²) in [4.78, 5) is 32.6. The number of aromatic nitrogens is 2. The molecule has 0 saturated carbocycles. The number of nitrogens with two attached hydrogens (primary N) is 1. The molecule has 8 heteroatoms. The van der Waals surface area contributed by atoms with Gasteiger partial charge in [0.1, 0.15) is 12.3 Å². The Balaban J connectivity index is 1.76. The highest BCUT2D eigenvalue weighted by Crippen LogP contribution is 2.19. The fraction of sp³-hybridized carbons (Fsp3) is 0.381. The van der Waals surface area contributed by atoms with Gasteiger partial charge in [-0.15, -0.1) is 0 Å². The number of amides is 1. The standard InChI is InChI=1S/C21H26N4O4/c1-2-3-10-28-21(27)17(11-14-12-23-16-7-5-4-6-15(14)16)25-20(26)18-13-29-19(24-18)8-9-22/h4-7,12-13,17,23H,2-3,8-11,22H2,1H3,(H,25,26). The highest BCUT2D eigenvalue weighted by molar-refractivity contribution is 5.95. The number of oxazole rings is 1. The molecule has 4 N–H and O–H groups in total. The SMILES string of the molecule is CCCCOC(=O)C(Cc1c[nH]c2ccccc12)NC(=O)c1coc(CCN)n1. The van der Waals surface area contributed by atoms with Crippen molar-refractivity contribution in [2.75, 3.05) is 13.2 Å². The van der Waals surface area contributed by atoms with E-state index in [2.05, 4.69) is 15.3 Å². The Bertz CT molecular complexity index is 962. The van der Waals surface area contributed by atoms with Crippen LogP contribution < -0.4 is 11.1 Å². The summed E-state index contributed by atoms with van der Waals surface area (Å²) >= 11 is 0. The third kappa shape index (κ3) is 5.23. The van der Waals surface area contributed by atoms with Crippen LogP contribution in [0.4, 0.5) is 0 Å². The van der Waals surface area contributed by atoms with E-state index < -0.39 is 17.9 Å². The highest BCUT2D eigenvalue weighted by atomic mass is 16.5. The molecular weight excluding hydrogens is 372 g/mol. The first kappa shape index (κ1) is 20.6. The molecule has 0 bridgehead atoms. The number of nitrogens with one attached hydrogen (secondary N) is 2. The number of H-pyrrole nitrogens is 1. The number of benzene rings is 1. The predicted octanol–water partition coefficient (Wildman–Crippen LogP) is 2.34. The minimum absolute atomic E-state index is 0.110. The average Bonchev–Trinajstić information content (AvgIpc) is 3.35. The van der Waals surface area contributed by atoms with E-state index >= 15 is 0 Å². The van der Waals surface area contributed by atoms with Gasteiger partial charge in [0.15, 0.2) is 11.6 Å². The van der Waals surface area contributed by atoms with Crippen molar-refractivity contribution >= 4 is 22.8 Å². The molecule has 0 radical (unpaired) electrons. The average molecular weight is 398 g/mol. The maximum atomic E-state index is 12.6. The minimum Gasteiger partial charge on any atom is -0.464 e. The second kappa shape index (κ2) is 9.88. The van der Waals surface area contributed by atoms with E-state index in [0.717, 1.165) is 29.3 Å². The second-order valence-corrected chi connectivity index (χ2v) is 6.78. The lowest BCUT2D eigenvalue weighted by molar-refractivity contribution is -0.146. The van der Waals surface area contributed by atoms with Gasteiger partial charge in [-0.05, 0) is 18.1 Å². The Morgan fingerprint density at radius 2 is 2.17 bits per heavy atom. The van der Waals surface area contributed by atoms with E-state index in [0.29, 0.717) is 31.9 Å². The van der Waals surface area contributed by atoms with Gasteiger partial charge in [-0.25, -0.2) is 9.78 Å². The van der Waals surface area contributed by atoms with Gasteiger partial charge in [-0.2, -0.15) is 0 Å². The molecule has 1 unspecified atom stereocenters. The summed E-state index contributed by atoms with van der Waals surface area (Å²) in [5.41, 5.74) is 7.48. The number of esters is 1. The van der Waals surface area contributed by atoms with Gasteiger partial charge in [-0.3, -0.25) is 4.79 Å². The van der Waals surface area contributed by atoms with Crippen molar-refractivity contribution in [2.24, 2.45) is 5.73 Å². The van der Waals surface area contributed by atoms with E-state index in [1.165, 1.54) is 6.26 Å². The third-order valence-electron chi connectivity index (χ3n) is 4.57. The lowest BCUT2D eigenvalue weighted by atomic mass is 10.0. The Morgan fingerprint density at radius 1 is 1.34 bits per heavy atom. The smallest absolute Gasteiger partial charge is 0.328 e. The molecule has 0 aliphatic heterocycles. The van der Waals surface area contributed by atoms with Crippen LogP contribution in [-0.4, -0.2) is 41.0 Å². The van der Waals surface area contributed by atoms with Crippen LogP contribution in [0.1, 0.15) is 41.7 Å². The largest absolute Gasteiger partial charge is 0.464 e. The van der Waals surface area contributed by atoms with Gasteiger partial charge in [0.05, 0.1) is 6.61 Å². The topological polar surface area (TPSA) is 123 Å². The molecule has 29 heavy (non-hydrogen) atoms. The normalized spacial score (nSPS) is 12.1. The lowest BCUT2D eigenvalue weighted by Gasteiger charge is -2.17. The summed E-state index contributed by atoms with van der Waals surface area (Å²) in [5.74, 6) is -0.576. The first-order chi connectivity index (χ1) is 14.1. The first-order valence-electron chi connectivity index (χ1n) is 9.79. The minimum atomic E-state index is -0.840. The molecule has 2 aromatic heterocycles. The summed E-state index contributed by atoms with van der Waals surface area (Å²) in [6, 6.07) is 6.96. The molecule has 0 aliphatic carbocycles. The molecule has 1 aromatic carbocycles. The van der Waals surface area contributed by atoms with Gasteiger partial charge in [0.25, 0.3) is 5.91 Å². The van der Waals surface area contributed by atoms with Crippen LogP contribution >= 0.6 is 0 Å². The predicted molar refractivity (Wildman–Crippen MR) is 108 cm³/mol. The molecule has 154 valence electrons. The number of hydrogen-bond donors (Lipinski definition) is 3. The third-order valence-corrected chi connectivity index (χ3v) is 4.57. The van der Waals surface area contributed by atoms with Crippen molar-refractivity contribution in [1.29, 1.82) is 0 Å². The van der Waals surface area contributed by atoms with Gasteiger partial charge in [0.2, 0.25) is 0 Å². The van der Waals surface area contributed by atoms with Gasteiger partial charge in [0, 0.05) is 36.5 Å². The fourth-order valence-corrected chi connectivity index (χ4v) is 3.02. The van der Waals surface area contributed by atoms with Crippen LogP contribution in [0.2, 0.25) is 0 Å². The number of nitrogens with zero attached hydrogens (tertiary/aromatic N) is 1. The molecule has 0 saturated heterocycles. The molecule has 0 spiro atoms. The Labute approximate surface area is 168 Å². The van der Waals surface area contributed by atoms with E-state index in [4.69, 9.17) is 14.9 Å². The number of para-hydroxylation sites is 1. The summed E-state index contributed by atoms with van der Waals surface area (Å²) in [5, 5.41) is 3.74. The second-order valence-electron chi connectivity index (χ2n) is 6.78. The Hall–Kier alpha value is -3.13. The summed E-state index contributed by atoms with van der Waals surface area (Å²) in [6.45, 7) is 2.71. The summed E-state index contributed by atoms with van der Waals surface area (Å²) in [7, 11) is 0. The van der Waals surface area contributed by atoms with Crippen LogP contribution in [0.5, 0.6) is 0 Å². The summed E-state index contributed by atoms with van der Waals surface area (Å²) < 4.78 is 10.6. The Kier molecular flexibility index (Phi) is 7.02. The fourth-order valence-electron chi connectivity index (χ4n) is 3.02. The maximum absolute atomic E-state index is 12.6. The molecule has 3 aromatic rings. The number of carbonyl (C=O) groups is 2. The molecule has 1 amide bonds. The van der Waals surface area contributed by atoms with Gasteiger partial charge >= 0.3 is 5.97 Å². The number of unbranched alkanes of at least 4 members (excludes halogenated alkanes) is 1. The van der Waals surface area contributed by atoms with Crippen molar-refractivity contribution in [3.8, 4) is 0 Å². The molecular formula is C21H26N4O4. The van der Waals surface area contributed by atoms with Crippen molar-refractivity contribution in [3.05, 3.63) is 53.9 Å². The van der Waals surface area contributed by atoms with Crippen molar-refractivity contribution < 1.29 is 18.7 Å². The van der Waals surface area contributed by atoms with E-state index in [1.807, 2.05) is 37.4 Å². The van der Waals surface area contributed by atoms with Crippen molar-refractivity contribution in [1.82, 2.24) is 15.3 Å². The van der Waals surface area contributed by atoms with Crippen LogP contribution in [0, 0.1) is 0 Å². The number of aromatic amines is 1. The number of fused-ring (bicyclic) bond motifs is 1. The van der Waals surface area contributed by atoms with Crippen molar-refractivity contribution in [2.45, 2.75) is 38.6 Å². The van der Waals surface area contributed by atoms with Crippen LogP contribution in [-0.2, 0) is 22.4 Å². The monoisotopic (exact) mass is 398 g/mol. The van der Waals surface area contributed by atoms with E-state index in [-0.39, 0.29) is 5.69 Å². The molecule has 3 rings (SSSR count). The van der Waals surface area contributed by atoms with Crippen LogP contribution in [0.3, 0.4) is 0 Å². The van der Waals surface area contributed by atoms with Gasteiger partial charge in [-0.1, -0.05) is 31.5 Å². The zero-order valence-corrected chi connectivity index (χ0v) is 16.4. The number of hydrogen-bond acceptors (Lipinski definition) is 6. The van der Waals surface area contributed by atoms with Gasteiger partial charge < -0.3 is 25.2 Å². The lowest BCUT2D eigenvalue weighted by Crippen LogP contribution is -2.43. The molecule has 8 nitrogen and oxygen atoms in total. The van der Waals surface area contributed by atoms with Crippen molar-refractivity contribution in [3.63, 3.8) is 0 Å². The van der Waals surface area contributed by atoms with Crippen LogP contribution in [0.15, 0.2) is 41.1 Å². The molecule has 2 heterocycles. The molecule has 1 atom stereocenters. The number of carbonyl (C=O) groups excluding carboxylic acids is 2. The maximum Gasteiger partial charge on any atom is 0.328 e. The zero-order valence-electron chi connectivity index (χ0n) is 16.4. The zero-order chi connectivity index (χ0) is 20.6. The quantitative estimate of drug-likeness (QED) is 0.356. The van der Waals surface area contributed by atoms with Crippen LogP contribution in [0.25, 0.3) is 10.9 Å². The number of ether oxygens (including phenoxy) is 1. The first-order valence-corrected chi connectivity index (χ1v) is 9.79. The highest BCUT2D eigenvalue weighted by Gasteiger charge is 2.25. The molecule has 0 fully saturated rings. The number of rotatable bonds is 10. The van der Waals surface area contributed by atoms with E-state index in [9.17, 15) is 9.59 Å². The molecule has 0 aliphatic rings.